The third kappa shape index (κ3) is 4.91. The normalized spacial score (nSPS) is 10.3. The van der Waals surface area contributed by atoms with E-state index in [9.17, 15) is 9.59 Å². The first-order valence-electron chi connectivity index (χ1n) is 8.94. The van der Waals surface area contributed by atoms with E-state index in [1.165, 1.54) is 7.11 Å². The number of carbonyl (C=O) groups excluding carboxylic acids is 2. The number of thiazole rings is 1. The number of hydrogen-bond acceptors (Lipinski definition) is 5. The number of nitrogens with one attached hydrogen (secondary N) is 3. The number of hydrogen-bond donors (Lipinski definition) is 3. The van der Waals surface area contributed by atoms with Crippen molar-refractivity contribution < 1.29 is 14.3 Å². The lowest BCUT2D eigenvalue weighted by Crippen LogP contribution is -2.19. The molecule has 0 fully saturated rings. The second-order valence-electron chi connectivity index (χ2n) is 6.49. The molecule has 0 radical (unpaired) electrons. The van der Waals surface area contributed by atoms with Gasteiger partial charge in [0.25, 0.3) is 5.91 Å². The van der Waals surface area contributed by atoms with Gasteiger partial charge in [0.05, 0.1) is 18.5 Å². The van der Waals surface area contributed by atoms with Gasteiger partial charge < -0.3 is 15.4 Å². The predicted molar refractivity (Wildman–Crippen MR) is 116 cm³/mol. The molecule has 0 aliphatic rings. The average Bonchev–Trinajstić information content (AvgIpc) is 3.04. The highest BCUT2D eigenvalue weighted by Gasteiger charge is 2.18. The first kappa shape index (κ1) is 20.3. The maximum atomic E-state index is 12.7. The lowest BCUT2D eigenvalue weighted by atomic mass is 10.1. The molecule has 150 valence electrons. The van der Waals surface area contributed by atoms with Gasteiger partial charge >= 0.3 is 6.03 Å². The van der Waals surface area contributed by atoms with Gasteiger partial charge in [-0.25, -0.2) is 9.78 Å². The van der Waals surface area contributed by atoms with Crippen LogP contribution in [0, 0.1) is 20.8 Å². The van der Waals surface area contributed by atoms with E-state index >= 15 is 0 Å². The number of benzene rings is 2. The van der Waals surface area contributed by atoms with E-state index in [4.69, 9.17) is 4.74 Å². The Morgan fingerprint density at radius 2 is 1.72 bits per heavy atom. The number of aromatic nitrogens is 1. The van der Waals surface area contributed by atoms with Crippen molar-refractivity contribution in [2.75, 3.05) is 23.1 Å². The summed E-state index contributed by atoms with van der Waals surface area (Å²) in [6.45, 7) is 5.67. The first-order chi connectivity index (χ1) is 13.9. The molecule has 0 atom stereocenters. The highest BCUT2D eigenvalue weighted by atomic mass is 32.1. The number of para-hydroxylation sites is 2. The van der Waals surface area contributed by atoms with Crippen molar-refractivity contribution in [3.8, 4) is 5.75 Å². The standard InChI is InChI=1S/C21H22N4O3S/c1-12-9-10-15(13(2)11-12)23-19(26)18-14(3)22-21(29-18)25-20(27)24-16-7-5-6-8-17(16)28-4/h5-11H,1-4H3,(H,23,26)(H2,22,24,25,27). The summed E-state index contributed by atoms with van der Waals surface area (Å²) in [5, 5.41) is 8.61. The van der Waals surface area contributed by atoms with E-state index in [0.29, 0.717) is 27.1 Å². The largest absolute Gasteiger partial charge is 0.495 e. The lowest BCUT2D eigenvalue weighted by molar-refractivity contribution is 0.102. The molecule has 0 saturated carbocycles. The SMILES string of the molecule is COc1ccccc1NC(=O)Nc1nc(C)c(C(=O)Nc2ccc(C)cc2C)s1. The molecule has 3 N–H and O–H groups in total. The van der Waals surface area contributed by atoms with E-state index in [0.717, 1.165) is 28.2 Å². The summed E-state index contributed by atoms with van der Waals surface area (Å²) in [5.41, 5.74) is 3.94. The summed E-state index contributed by atoms with van der Waals surface area (Å²) >= 11 is 1.12. The van der Waals surface area contributed by atoms with Crippen molar-refractivity contribution in [1.29, 1.82) is 0 Å². The van der Waals surface area contributed by atoms with Crippen LogP contribution in [0.2, 0.25) is 0 Å². The van der Waals surface area contributed by atoms with Gasteiger partial charge in [0.1, 0.15) is 10.6 Å². The quantitative estimate of drug-likeness (QED) is 0.553. The summed E-state index contributed by atoms with van der Waals surface area (Å²) < 4.78 is 5.22. The van der Waals surface area contributed by atoms with Gasteiger partial charge in [0, 0.05) is 5.69 Å². The number of ether oxygens (including phenoxy) is 1. The number of anilines is 3. The van der Waals surface area contributed by atoms with Crippen LogP contribution in [-0.2, 0) is 0 Å². The lowest BCUT2D eigenvalue weighted by Gasteiger charge is -2.09. The van der Waals surface area contributed by atoms with Crippen molar-refractivity contribution in [3.05, 3.63) is 64.2 Å². The topological polar surface area (TPSA) is 92.3 Å². The Bertz CT molecular complexity index is 1060. The molecule has 8 heteroatoms. The van der Waals surface area contributed by atoms with Gasteiger partial charge in [-0.05, 0) is 44.5 Å². The molecule has 7 nitrogen and oxygen atoms in total. The molecule has 0 unspecified atom stereocenters. The second kappa shape index (κ2) is 8.74. The molecule has 29 heavy (non-hydrogen) atoms. The number of aryl methyl sites for hydroxylation is 3. The molecule has 1 aromatic heterocycles. The molecule has 0 spiro atoms. The van der Waals surface area contributed by atoms with E-state index in [1.54, 1.807) is 25.1 Å². The molecule has 0 saturated heterocycles. The Morgan fingerprint density at radius 1 is 0.966 bits per heavy atom. The van der Waals surface area contributed by atoms with Crippen LogP contribution in [0.4, 0.5) is 21.3 Å². The monoisotopic (exact) mass is 410 g/mol. The minimum atomic E-state index is -0.468. The minimum absolute atomic E-state index is 0.259. The molecular formula is C21H22N4O3S. The summed E-state index contributed by atoms with van der Waals surface area (Å²) in [6, 6.07) is 12.4. The maximum absolute atomic E-state index is 12.7. The Hall–Kier alpha value is -3.39. The van der Waals surface area contributed by atoms with E-state index < -0.39 is 6.03 Å². The number of methoxy groups -OCH3 is 1. The number of nitrogens with zero attached hydrogens (tertiary/aromatic N) is 1. The van der Waals surface area contributed by atoms with Crippen LogP contribution in [-0.4, -0.2) is 24.0 Å². The van der Waals surface area contributed by atoms with Gasteiger partial charge in [0.2, 0.25) is 0 Å². The van der Waals surface area contributed by atoms with E-state index in [-0.39, 0.29) is 5.91 Å². The summed E-state index contributed by atoms with van der Waals surface area (Å²) in [6.07, 6.45) is 0. The molecule has 0 bridgehead atoms. The highest BCUT2D eigenvalue weighted by molar-refractivity contribution is 7.17. The molecule has 3 amide bonds. The molecule has 3 aromatic rings. The zero-order valence-corrected chi connectivity index (χ0v) is 17.4. The molecule has 3 rings (SSSR count). The molecule has 0 aliphatic heterocycles. The summed E-state index contributed by atoms with van der Waals surface area (Å²) in [4.78, 5) is 29.7. The van der Waals surface area contributed by atoms with Crippen molar-refractivity contribution in [1.82, 2.24) is 4.98 Å². The Morgan fingerprint density at radius 3 is 2.45 bits per heavy atom. The third-order valence-electron chi connectivity index (χ3n) is 4.21. The van der Waals surface area contributed by atoms with Crippen molar-refractivity contribution in [2.45, 2.75) is 20.8 Å². The van der Waals surface area contributed by atoms with Crippen molar-refractivity contribution >= 4 is 39.8 Å². The smallest absolute Gasteiger partial charge is 0.325 e. The Labute approximate surface area is 173 Å². The Balaban J connectivity index is 1.69. The molecule has 1 heterocycles. The summed E-state index contributed by atoms with van der Waals surface area (Å²) in [5.74, 6) is 0.289. The Kier molecular flexibility index (Phi) is 6.13. The predicted octanol–water partition coefficient (Wildman–Crippen LogP) is 4.97. The van der Waals surface area contributed by atoms with E-state index in [1.807, 2.05) is 38.1 Å². The summed E-state index contributed by atoms with van der Waals surface area (Å²) in [7, 11) is 1.53. The second-order valence-corrected chi connectivity index (χ2v) is 7.48. The fourth-order valence-electron chi connectivity index (χ4n) is 2.79. The van der Waals surface area contributed by atoms with Gasteiger partial charge in [-0.15, -0.1) is 0 Å². The number of amides is 3. The van der Waals surface area contributed by atoms with Crippen LogP contribution in [0.15, 0.2) is 42.5 Å². The van der Waals surface area contributed by atoms with E-state index in [2.05, 4.69) is 20.9 Å². The average molecular weight is 410 g/mol. The fourth-order valence-corrected chi connectivity index (χ4v) is 3.65. The third-order valence-corrected chi connectivity index (χ3v) is 5.28. The van der Waals surface area contributed by atoms with Gasteiger partial charge in [0.15, 0.2) is 5.13 Å². The number of urea groups is 1. The van der Waals surface area contributed by atoms with Crippen LogP contribution in [0.5, 0.6) is 5.75 Å². The zero-order valence-electron chi connectivity index (χ0n) is 16.6. The van der Waals surface area contributed by atoms with Crippen LogP contribution >= 0.6 is 11.3 Å². The fraction of sp³-hybridized carbons (Fsp3) is 0.190. The van der Waals surface area contributed by atoms with Crippen molar-refractivity contribution in [2.24, 2.45) is 0 Å². The minimum Gasteiger partial charge on any atom is -0.495 e. The van der Waals surface area contributed by atoms with Crippen LogP contribution in [0.1, 0.15) is 26.5 Å². The van der Waals surface area contributed by atoms with Gasteiger partial charge in [-0.3, -0.25) is 10.1 Å². The van der Waals surface area contributed by atoms with Crippen LogP contribution in [0.3, 0.4) is 0 Å². The van der Waals surface area contributed by atoms with Gasteiger partial charge in [-0.2, -0.15) is 0 Å². The molecule has 0 aliphatic carbocycles. The highest BCUT2D eigenvalue weighted by Crippen LogP contribution is 2.26. The number of carbonyl (C=O) groups is 2. The first-order valence-corrected chi connectivity index (χ1v) is 9.76. The maximum Gasteiger partial charge on any atom is 0.325 e. The van der Waals surface area contributed by atoms with Crippen LogP contribution < -0.4 is 20.7 Å². The number of rotatable bonds is 5. The van der Waals surface area contributed by atoms with Gasteiger partial charge in [-0.1, -0.05) is 41.2 Å². The molecule has 2 aromatic carbocycles. The zero-order chi connectivity index (χ0) is 21.0. The molecular weight excluding hydrogens is 388 g/mol. The van der Waals surface area contributed by atoms with Crippen molar-refractivity contribution in [3.63, 3.8) is 0 Å². The van der Waals surface area contributed by atoms with Crippen LogP contribution in [0.25, 0.3) is 0 Å².